The molecule has 1 N–H and O–H groups in total. The van der Waals surface area contributed by atoms with Crippen molar-refractivity contribution in [1.82, 2.24) is 0 Å². The molecule has 0 fully saturated rings. The van der Waals surface area contributed by atoms with Gasteiger partial charge in [0.1, 0.15) is 22.9 Å². The summed E-state index contributed by atoms with van der Waals surface area (Å²) in [6, 6.07) is 10.4. The Kier molecular flexibility index (Phi) is 3.28. The second-order valence-electron chi connectivity index (χ2n) is 3.81. The third-order valence-corrected chi connectivity index (χ3v) is 2.47. The van der Waals surface area contributed by atoms with E-state index >= 15 is 0 Å². The third-order valence-electron chi connectivity index (χ3n) is 2.47. The minimum absolute atomic E-state index is 0.0706. The predicted octanol–water partition coefficient (Wildman–Crippen LogP) is 3.62. The normalized spacial score (nSPS) is 10.1. The van der Waals surface area contributed by atoms with Crippen LogP contribution in [0.5, 0.6) is 11.5 Å². The van der Waals surface area contributed by atoms with Gasteiger partial charge in [-0.1, -0.05) is 12.1 Å². The average Bonchev–Trinajstić information content (AvgIpc) is 2.33. The van der Waals surface area contributed by atoms with Crippen LogP contribution in [0.2, 0.25) is 0 Å². The number of aryl methyl sites for hydroxylation is 1. The van der Waals surface area contributed by atoms with Crippen LogP contribution >= 0.6 is 0 Å². The van der Waals surface area contributed by atoms with Crippen LogP contribution in [0, 0.1) is 12.7 Å². The molecule has 0 aliphatic rings. The maximum absolute atomic E-state index is 12.9. The molecule has 2 aromatic rings. The van der Waals surface area contributed by atoms with Crippen molar-refractivity contribution in [3.8, 4) is 11.5 Å². The fourth-order valence-corrected chi connectivity index (χ4v) is 1.58. The van der Waals surface area contributed by atoms with Gasteiger partial charge in [-0.15, -0.1) is 0 Å². The van der Waals surface area contributed by atoms with Gasteiger partial charge in [-0.3, -0.25) is 0 Å². The number of rotatable bonds is 3. The Morgan fingerprint density at radius 3 is 2.56 bits per heavy atom. The second-order valence-corrected chi connectivity index (χ2v) is 3.81. The van der Waals surface area contributed by atoms with Gasteiger partial charge in [0.15, 0.2) is 0 Å². The number of carbonyl (C=O) groups is 1. The first-order chi connectivity index (χ1) is 8.58. The molecule has 0 amide bonds. The largest absolute Gasteiger partial charge is 0.478 e. The number of carboxylic acid groups (broad SMARTS) is 1. The zero-order chi connectivity index (χ0) is 13.1. The summed E-state index contributed by atoms with van der Waals surface area (Å²) in [7, 11) is 0. The molecule has 0 atom stereocenters. The lowest BCUT2D eigenvalue weighted by molar-refractivity contribution is 0.0694. The summed E-state index contributed by atoms with van der Waals surface area (Å²) in [5.74, 6) is -0.749. The van der Waals surface area contributed by atoms with Gasteiger partial charge in [0.05, 0.1) is 0 Å². The highest BCUT2D eigenvalue weighted by Crippen LogP contribution is 2.28. The van der Waals surface area contributed by atoms with E-state index in [1.807, 2.05) is 0 Å². The number of benzene rings is 2. The third kappa shape index (κ3) is 2.48. The molecule has 0 bridgehead atoms. The van der Waals surface area contributed by atoms with E-state index in [1.54, 1.807) is 25.1 Å². The molecule has 0 aromatic heterocycles. The highest BCUT2D eigenvalue weighted by Gasteiger charge is 2.12. The number of halogens is 1. The van der Waals surface area contributed by atoms with E-state index in [9.17, 15) is 9.18 Å². The van der Waals surface area contributed by atoms with E-state index in [2.05, 4.69) is 0 Å². The van der Waals surface area contributed by atoms with Crippen molar-refractivity contribution >= 4 is 5.97 Å². The lowest BCUT2D eigenvalue weighted by Gasteiger charge is -2.10. The van der Waals surface area contributed by atoms with E-state index in [-0.39, 0.29) is 17.1 Å². The first-order valence-electron chi connectivity index (χ1n) is 5.34. The minimum Gasteiger partial charge on any atom is -0.478 e. The highest BCUT2D eigenvalue weighted by molar-refractivity contribution is 5.90. The van der Waals surface area contributed by atoms with Crippen molar-refractivity contribution in [1.29, 1.82) is 0 Å². The van der Waals surface area contributed by atoms with Crippen molar-refractivity contribution in [2.75, 3.05) is 0 Å². The Labute approximate surface area is 103 Å². The first-order valence-corrected chi connectivity index (χ1v) is 5.34. The number of ether oxygens (including phenoxy) is 1. The Morgan fingerprint density at radius 2 is 1.89 bits per heavy atom. The zero-order valence-corrected chi connectivity index (χ0v) is 9.68. The van der Waals surface area contributed by atoms with Gasteiger partial charge in [-0.25, -0.2) is 9.18 Å². The Hall–Kier alpha value is -2.36. The van der Waals surface area contributed by atoms with Crippen molar-refractivity contribution < 1.29 is 19.0 Å². The molecule has 3 nitrogen and oxygen atoms in total. The molecule has 0 radical (unpaired) electrons. The quantitative estimate of drug-likeness (QED) is 0.899. The SMILES string of the molecule is Cc1cc(F)ccc1Oc1ccccc1C(=O)O. The molecule has 0 spiro atoms. The van der Waals surface area contributed by atoms with Crippen LogP contribution < -0.4 is 4.74 Å². The Bertz CT molecular complexity index is 593. The fourth-order valence-electron chi connectivity index (χ4n) is 1.58. The highest BCUT2D eigenvalue weighted by atomic mass is 19.1. The standard InChI is InChI=1S/C14H11FO3/c1-9-8-10(15)6-7-12(9)18-13-5-3-2-4-11(13)14(16)17/h2-8H,1H3,(H,16,17). The topological polar surface area (TPSA) is 46.5 Å². The van der Waals surface area contributed by atoms with E-state index in [4.69, 9.17) is 9.84 Å². The van der Waals surface area contributed by atoms with Crippen molar-refractivity contribution in [3.05, 3.63) is 59.4 Å². The van der Waals surface area contributed by atoms with Gasteiger partial charge >= 0.3 is 5.97 Å². The van der Waals surface area contributed by atoms with E-state index in [0.29, 0.717) is 11.3 Å². The van der Waals surface area contributed by atoms with Crippen molar-refractivity contribution in [3.63, 3.8) is 0 Å². The van der Waals surface area contributed by atoms with Gasteiger partial charge in [-0.2, -0.15) is 0 Å². The molecular formula is C14H11FO3. The summed E-state index contributed by atoms with van der Waals surface area (Å²) >= 11 is 0. The van der Waals surface area contributed by atoms with Gasteiger partial charge in [0, 0.05) is 0 Å². The minimum atomic E-state index is -1.06. The maximum atomic E-state index is 12.9. The molecule has 92 valence electrons. The summed E-state index contributed by atoms with van der Waals surface area (Å²) in [6.45, 7) is 1.70. The van der Waals surface area contributed by atoms with Crippen LogP contribution in [0.4, 0.5) is 4.39 Å². The number of aromatic carboxylic acids is 1. The molecule has 0 unspecified atom stereocenters. The average molecular weight is 246 g/mol. The molecule has 0 aliphatic carbocycles. The fraction of sp³-hybridized carbons (Fsp3) is 0.0714. The van der Waals surface area contributed by atoms with Gasteiger partial charge in [0.2, 0.25) is 0 Å². The smallest absolute Gasteiger partial charge is 0.339 e. The van der Waals surface area contributed by atoms with Crippen LogP contribution in [0.15, 0.2) is 42.5 Å². The molecule has 2 rings (SSSR count). The van der Waals surface area contributed by atoms with E-state index < -0.39 is 5.97 Å². The summed E-state index contributed by atoms with van der Waals surface area (Å²) in [4.78, 5) is 11.0. The lowest BCUT2D eigenvalue weighted by atomic mass is 10.2. The monoisotopic (exact) mass is 246 g/mol. The lowest BCUT2D eigenvalue weighted by Crippen LogP contribution is -2.00. The van der Waals surface area contributed by atoms with Crippen LogP contribution in [0.25, 0.3) is 0 Å². The summed E-state index contributed by atoms with van der Waals surface area (Å²) < 4.78 is 18.5. The second kappa shape index (κ2) is 4.87. The number of hydrogen-bond donors (Lipinski definition) is 1. The van der Waals surface area contributed by atoms with E-state index in [1.165, 1.54) is 24.3 Å². The molecule has 0 heterocycles. The molecule has 2 aromatic carbocycles. The van der Waals surface area contributed by atoms with Crippen LogP contribution in [0.3, 0.4) is 0 Å². The van der Waals surface area contributed by atoms with Crippen molar-refractivity contribution in [2.45, 2.75) is 6.92 Å². The first kappa shape index (κ1) is 12.1. The van der Waals surface area contributed by atoms with Gasteiger partial charge in [0.25, 0.3) is 0 Å². The molecule has 18 heavy (non-hydrogen) atoms. The molecule has 4 heteroatoms. The molecule has 0 saturated heterocycles. The zero-order valence-electron chi connectivity index (χ0n) is 9.68. The van der Waals surface area contributed by atoms with Crippen molar-refractivity contribution in [2.24, 2.45) is 0 Å². The van der Waals surface area contributed by atoms with Crippen LogP contribution in [-0.4, -0.2) is 11.1 Å². The Balaban J connectivity index is 2.37. The predicted molar refractivity (Wildman–Crippen MR) is 64.6 cm³/mol. The number of hydrogen-bond acceptors (Lipinski definition) is 2. The number of para-hydroxylation sites is 1. The maximum Gasteiger partial charge on any atom is 0.339 e. The van der Waals surface area contributed by atoms with Gasteiger partial charge < -0.3 is 9.84 Å². The van der Waals surface area contributed by atoms with Crippen LogP contribution in [0.1, 0.15) is 15.9 Å². The summed E-state index contributed by atoms with van der Waals surface area (Å²) in [5.41, 5.74) is 0.677. The van der Waals surface area contributed by atoms with Gasteiger partial charge in [-0.05, 0) is 42.8 Å². The number of carboxylic acids is 1. The molecular weight excluding hydrogens is 235 g/mol. The Morgan fingerprint density at radius 1 is 1.17 bits per heavy atom. The molecule has 0 saturated carbocycles. The van der Waals surface area contributed by atoms with E-state index in [0.717, 1.165) is 0 Å². The summed E-state index contributed by atoms with van der Waals surface area (Å²) in [5, 5.41) is 9.02. The van der Waals surface area contributed by atoms with Crippen LogP contribution in [-0.2, 0) is 0 Å². The molecule has 0 aliphatic heterocycles. The summed E-state index contributed by atoms with van der Waals surface area (Å²) in [6.07, 6.45) is 0.